The molecule has 0 bridgehead atoms. The van der Waals surface area contributed by atoms with E-state index < -0.39 is 11.8 Å². The Morgan fingerprint density at radius 1 is 0.538 bits per heavy atom. The van der Waals surface area contributed by atoms with E-state index in [1.54, 1.807) is 0 Å². The van der Waals surface area contributed by atoms with Crippen molar-refractivity contribution in [3.63, 3.8) is 0 Å². The number of allylic oxidation sites excluding steroid dienone is 1. The zero-order chi connectivity index (χ0) is 28.2. The van der Waals surface area contributed by atoms with Crippen molar-refractivity contribution >= 4 is 11.9 Å². The van der Waals surface area contributed by atoms with Gasteiger partial charge in [-0.3, -0.25) is 9.59 Å². The second kappa shape index (κ2) is 26.9. The smallest absolute Gasteiger partial charge is 0.313 e. The molecule has 228 valence electrons. The molecular formula is C35H64O4. The Labute approximate surface area is 242 Å². The second-order valence-electron chi connectivity index (χ2n) is 11.9. The van der Waals surface area contributed by atoms with Crippen molar-refractivity contribution < 1.29 is 19.1 Å². The maximum absolute atomic E-state index is 12.7. The van der Waals surface area contributed by atoms with Gasteiger partial charge in [0.05, 0.1) is 25.0 Å². The van der Waals surface area contributed by atoms with Gasteiger partial charge in [0.15, 0.2) is 0 Å². The largest absolute Gasteiger partial charge is 0.465 e. The summed E-state index contributed by atoms with van der Waals surface area (Å²) in [4.78, 5) is 25.3. The van der Waals surface area contributed by atoms with Gasteiger partial charge >= 0.3 is 11.9 Å². The van der Waals surface area contributed by atoms with E-state index in [1.165, 1.54) is 122 Å². The average molecular weight is 549 g/mol. The summed E-state index contributed by atoms with van der Waals surface area (Å²) in [6.07, 6.45) is 35.0. The molecule has 0 N–H and O–H groups in total. The molecule has 4 nitrogen and oxygen atoms in total. The summed E-state index contributed by atoms with van der Waals surface area (Å²) in [5.41, 5.74) is 0. The van der Waals surface area contributed by atoms with E-state index in [9.17, 15) is 9.59 Å². The van der Waals surface area contributed by atoms with E-state index in [0.29, 0.717) is 19.6 Å². The molecule has 0 spiro atoms. The average Bonchev–Trinajstić information content (AvgIpc) is 2.95. The first-order valence-electron chi connectivity index (χ1n) is 17.2. The summed E-state index contributed by atoms with van der Waals surface area (Å²) in [5, 5.41) is 0. The van der Waals surface area contributed by atoms with E-state index in [4.69, 9.17) is 9.47 Å². The van der Waals surface area contributed by atoms with Crippen LogP contribution in [-0.2, 0) is 19.1 Å². The van der Waals surface area contributed by atoms with Gasteiger partial charge in [-0.15, -0.1) is 0 Å². The summed E-state index contributed by atoms with van der Waals surface area (Å²) >= 11 is 0. The maximum atomic E-state index is 12.7. The maximum Gasteiger partial charge on any atom is 0.313 e. The lowest BCUT2D eigenvalue weighted by Gasteiger charge is -2.24. The fourth-order valence-electron chi connectivity index (χ4n) is 5.60. The quantitative estimate of drug-likeness (QED) is 0.0582. The number of hydrogen-bond acceptors (Lipinski definition) is 4. The summed E-state index contributed by atoms with van der Waals surface area (Å²) in [5.74, 6) is -1.36. The summed E-state index contributed by atoms with van der Waals surface area (Å²) in [6.45, 7) is 5.43. The Bertz CT molecular complexity index is 599. The molecule has 0 aromatic rings. The van der Waals surface area contributed by atoms with Gasteiger partial charge < -0.3 is 9.47 Å². The Hall–Kier alpha value is -1.32. The lowest BCUT2D eigenvalue weighted by Crippen LogP contribution is -2.33. The van der Waals surface area contributed by atoms with Crippen LogP contribution in [0.2, 0.25) is 0 Å². The Kier molecular flexibility index (Phi) is 24.6. The number of carbonyl (C=O) groups excluding carboxylic acids is 2. The molecule has 0 fully saturated rings. The molecule has 1 rings (SSSR count). The Morgan fingerprint density at radius 2 is 0.897 bits per heavy atom. The highest BCUT2D eigenvalue weighted by Crippen LogP contribution is 2.27. The predicted octanol–water partition coefficient (Wildman–Crippen LogP) is 10.7. The lowest BCUT2D eigenvalue weighted by molar-refractivity contribution is -0.159. The Morgan fingerprint density at radius 3 is 1.31 bits per heavy atom. The van der Waals surface area contributed by atoms with Gasteiger partial charge in [-0.2, -0.15) is 0 Å². The zero-order valence-electron chi connectivity index (χ0n) is 26.0. The standard InChI is InChI=1S/C35H64O4/c1-3-5-7-9-11-12-13-14-15-16-17-18-19-21-23-27-31-39-35(37)33-29-25-24-28-32(33)34(36)38-30-26-22-20-10-8-6-4-2/h24,28,32-33H,3-23,25-27,29-31H2,1-2H3. The number of ether oxygens (including phenoxy) is 2. The van der Waals surface area contributed by atoms with Crippen LogP contribution in [0.5, 0.6) is 0 Å². The molecule has 0 amide bonds. The lowest BCUT2D eigenvalue weighted by atomic mass is 9.84. The predicted molar refractivity (Wildman–Crippen MR) is 165 cm³/mol. The first kappa shape index (κ1) is 35.7. The van der Waals surface area contributed by atoms with Gasteiger partial charge in [0.25, 0.3) is 0 Å². The number of hydrogen-bond donors (Lipinski definition) is 0. The molecule has 0 aromatic carbocycles. The van der Waals surface area contributed by atoms with E-state index in [1.807, 2.05) is 12.2 Å². The van der Waals surface area contributed by atoms with Crippen molar-refractivity contribution in [3.05, 3.63) is 12.2 Å². The zero-order valence-corrected chi connectivity index (χ0v) is 26.0. The van der Waals surface area contributed by atoms with Crippen molar-refractivity contribution in [2.75, 3.05) is 13.2 Å². The van der Waals surface area contributed by atoms with Gasteiger partial charge in [0.1, 0.15) is 0 Å². The molecule has 0 aliphatic heterocycles. The molecule has 1 aliphatic rings. The molecule has 0 heterocycles. The minimum absolute atomic E-state index is 0.224. The highest BCUT2D eigenvalue weighted by Gasteiger charge is 2.35. The molecule has 0 aromatic heterocycles. The van der Waals surface area contributed by atoms with Crippen LogP contribution < -0.4 is 0 Å². The van der Waals surface area contributed by atoms with Crippen molar-refractivity contribution in [2.45, 2.75) is 174 Å². The fraction of sp³-hybridized carbons (Fsp3) is 0.886. The normalized spacial score (nSPS) is 16.9. The van der Waals surface area contributed by atoms with Gasteiger partial charge in [-0.1, -0.05) is 161 Å². The van der Waals surface area contributed by atoms with Gasteiger partial charge in [0.2, 0.25) is 0 Å². The van der Waals surface area contributed by atoms with Crippen LogP contribution >= 0.6 is 0 Å². The van der Waals surface area contributed by atoms with Crippen LogP contribution in [0, 0.1) is 11.8 Å². The SMILES string of the molecule is CCCCCCCCCCCCCCCCCCOC(=O)C1CCC=CC1C(=O)OCCCCCCCCC. The van der Waals surface area contributed by atoms with E-state index >= 15 is 0 Å². The summed E-state index contributed by atoms with van der Waals surface area (Å²) in [7, 11) is 0. The van der Waals surface area contributed by atoms with E-state index in [0.717, 1.165) is 32.1 Å². The Balaban J connectivity index is 2.00. The first-order valence-corrected chi connectivity index (χ1v) is 17.2. The van der Waals surface area contributed by atoms with Crippen LogP contribution in [0.25, 0.3) is 0 Å². The van der Waals surface area contributed by atoms with Crippen molar-refractivity contribution in [2.24, 2.45) is 11.8 Å². The highest BCUT2D eigenvalue weighted by atomic mass is 16.5. The molecule has 1 aliphatic carbocycles. The van der Waals surface area contributed by atoms with Crippen molar-refractivity contribution in [3.8, 4) is 0 Å². The number of carbonyl (C=O) groups is 2. The number of unbranched alkanes of at least 4 members (excludes halogenated alkanes) is 21. The third kappa shape index (κ3) is 20.2. The minimum atomic E-state index is -0.485. The minimum Gasteiger partial charge on any atom is -0.465 e. The molecule has 0 radical (unpaired) electrons. The number of esters is 2. The topological polar surface area (TPSA) is 52.6 Å². The van der Waals surface area contributed by atoms with Gasteiger partial charge in [-0.05, 0) is 25.7 Å². The van der Waals surface area contributed by atoms with Crippen LogP contribution in [0.1, 0.15) is 174 Å². The molecule has 39 heavy (non-hydrogen) atoms. The second-order valence-corrected chi connectivity index (χ2v) is 11.9. The monoisotopic (exact) mass is 548 g/mol. The van der Waals surface area contributed by atoms with Crippen molar-refractivity contribution in [1.82, 2.24) is 0 Å². The molecule has 0 saturated carbocycles. The molecular weight excluding hydrogens is 484 g/mol. The molecule has 2 atom stereocenters. The highest BCUT2D eigenvalue weighted by molar-refractivity contribution is 5.83. The van der Waals surface area contributed by atoms with Crippen LogP contribution in [0.15, 0.2) is 12.2 Å². The molecule has 0 saturated heterocycles. The summed E-state index contributed by atoms with van der Waals surface area (Å²) in [6, 6.07) is 0. The van der Waals surface area contributed by atoms with Gasteiger partial charge in [-0.25, -0.2) is 0 Å². The molecule has 4 heteroatoms. The van der Waals surface area contributed by atoms with Crippen LogP contribution in [0.3, 0.4) is 0 Å². The van der Waals surface area contributed by atoms with Gasteiger partial charge in [0, 0.05) is 0 Å². The summed E-state index contributed by atoms with van der Waals surface area (Å²) < 4.78 is 11.1. The van der Waals surface area contributed by atoms with Crippen LogP contribution in [0.4, 0.5) is 0 Å². The van der Waals surface area contributed by atoms with E-state index in [-0.39, 0.29) is 11.9 Å². The fourth-order valence-corrected chi connectivity index (χ4v) is 5.60. The van der Waals surface area contributed by atoms with E-state index in [2.05, 4.69) is 13.8 Å². The van der Waals surface area contributed by atoms with Crippen molar-refractivity contribution in [1.29, 1.82) is 0 Å². The van der Waals surface area contributed by atoms with Crippen LogP contribution in [-0.4, -0.2) is 25.2 Å². The first-order chi connectivity index (χ1) is 19.2. The molecule has 2 unspecified atom stereocenters. The number of rotatable bonds is 27. The third-order valence-electron chi connectivity index (χ3n) is 8.23. The third-order valence-corrected chi connectivity index (χ3v) is 8.23.